The van der Waals surface area contributed by atoms with Crippen molar-refractivity contribution in [3.63, 3.8) is 0 Å². The topological polar surface area (TPSA) is 34.5 Å². The second kappa shape index (κ2) is 3.86. The quantitative estimate of drug-likeness (QED) is 0.723. The van der Waals surface area contributed by atoms with Crippen LogP contribution in [0.1, 0.15) is 10.5 Å². The number of ether oxygens (including phenoxy) is 1. The molecule has 0 aromatic carbocycles. The maximum Gasteiger partial charge on any atom is 0.373 e. The summed E-state index contributed by atoms with van der Waals surface area (Å²) in [5.41, 5.74) is 0.401. The van der Waals surface area contributed by atoms with Gasteiger partial charge < -0.3 is 14.2 Å². The Kier molecular flexibility index (Phi) is 2.67. The molecule has 0 saturated carbocycles. The fourth-order valence-corrected chi connectivity index (χ4v) is 1.67. The minimum atomic E-state index is -3.24. The van der Waals surface area contributed by atoms with Gasteiger partial charge in [0.15, 0.2) is 0 Å². The molecule has 0 unspecified atom stereocenters. The molecule has 0 N–H and O–H groups in total. The van der Waals surface area contributed by atoms with E-state index in [4.69, 9.17) is 0 Å². The molecule has 16 heavy (non-hydrogen) atoms. The van der Waals surface area contributed by atoms with Gasteiger partial charge in [-0.1, -0.05) is 0 Å². The van der Waals surface area contributed by atoms with Crippen molar-refractivity contribution < 1.29 is 18.3 Å². The highest BCUT2D eigenvalue weighted by Crippen LogP contribution is 2.22. The molecule has 6 heteroatoms. The highest BCUT2D eigenvalue weighted by Gasteiger charge is 2.39. The zero-order chi connectivity index (χ0) is 11.8. The number of alkyl halides is 2. The summed E-state index contributed by atoms with van der Waals surface area (Å²) in [7, 11) is 1.70. The Balaban J connectivity index is 2.14. The normalized spacial score (nSPS) is 19.8. The molecule has 1 aliphatic rings. The van der Waals surface area contributed by atoms with Crippen molar-refractivity contribution in [3.05, 3.63) is 24.0 Å². The van der Waals surface area contributed by atoms with Crippen LogP contribution in [0.3, 0.4) is 0 Å². The van der Waals surface area contributed by atoms with Gasteiger partial charge in [-0.25, -0.2) is 0 Å². The van der Waals surface area contributed by atoms with Gasteiger partial charge >= 0.3 is 6.11 Å². The van der Waals surface area contributed by atoms with E-state index in [9.17, 15) is 13.6 Å². The molecule has 4 nitrogen and oxygen atoms in total. The fourth-order valence-electron chi connectivity index (χ4n) is 1.67. The lowest BCUT2D eigenvalue weighted by atomic mass is 10.3. The van der Waals surface area contributed by atoms with Crippen molar-refractivity contribution in [1.82, 2.24) is 9.47 Å². The molecule has 0 bridgehead atoms. The molecule has 88 valence electrons. The molecule has 0 atom stereocenters. The van der Waals surface area contributed by atoms with Gasteiger partial charge in [-0.15, -0.1) is 0 Å². The first-order valence-electron chi connectivity index (χ1n) is 4.92. The summed E-state index contributed by atoms with van der Waals surface area (Å²) in [6, 6.07) is 3.31. The summed E-state index contributed by atoms with van der Waals surface area (Å²) in [6.45, 7) is -0.625. The number of carbonyl (C=O) groups is 1. The molecule has 1 saturated heterocycles. The van der Waals surface area contributed by atoms with Crippen molar-refractivity contribution in [2.24, 2.45) is 7.05 Å². The van der Waals surface area contributed by atoms with Crippen LogP contribution in [0.5, 0.6) is 0 Å². The minimum Gasteiger partial charge on any atom is -0.347 e. The second-order valence-corrected chi connectivity index (χ2v) is 3.72. The number of carbonyl (C=O) groups excluding carboxylic acids is 1. The minimum absolute atomic E-state index is 0.136. The molecule has 1 amide bonds. The number of hydrogen-bond donors (Lipinski definition) is 0. The Labute approximate surface area is 91.4 Å². The number of rotatable bonds is 1. The average Bonchev–Trinajstić information content (AvgIpc) is 2.62. The summed E-state index contributed by atoms with van der Waals surface area (Å²) >= 11 is 0. The summed E-state index contributed by atoms with van der Waals surface area (Å²) < 4.78 is 31.7. The van der Waals surface area contributed by atoms with E-state index in [0.29, 0.717) is 5.69 Å². The molecule has 2 heterocycles. The summed E-state index contributed by atoms with van der Waals surface area (Å²) in [5.74, 6) is -0.393. The van der Waals surface area contributed by atoms with E-state index >= 15 is 0 Å². The van der Waals surface area contributed by atoms with Crippen LogP contribution >= 0.6 is 0 Å². The molecule has 1 aliphatic heterocycles. The van der Waals surface area contributed by atoms with Crippen molar-refractivity contribution in [3.8, 4) is 0 Å². The number of nitrogens with zero attached hydrogens (tertiary/aromatic N) is 2. The lowest BCUT2D eigenvalue weighted by Crippen LogP contribution is -2.49. The van der Waals surface area contributed by atoms with Crippen LogP contribution in [0, 0.1) is 0 Å². The third-order valence-electron chi connectivity index (χ3n) is 2.50. The van der Waals surface area contributed by atoms with Crippen LogP contribution in [0.4, 0.5) is 8.78 Å². The number of aryl methyl sites for hydroxylation is 1. The maximum atomic E-state index is 12.9. The van der Waals surface area contributed by atoms with Crippen molar-refractivity contribution in [2.45, 2.75) is 6.11 Å². The molecule has 2 rings (SSSR count). The smallest absolute Gasteiger partial charge is 0.347 e. The molecular formula is C10H12F2N2O2. The van der Waals surface area contributed by atoms with Crippen LogP contribution in [0.25, 0.3) is 0 Å². The number of morpholine rings is 1. The molecule has 0 radical (unpaired) electrons. The van der Waals surface area contributed by atoms with E-state index in [1.54, 1.807) is 29.9 Å². The van der Waals surface area contributed by atoms with Gasteiger partial charge in [0, 0.05) is 19.8 Å². The lowest BCUT2D eigenvalue weighted by Gasteiger charge is -2.32. The zero-order valence-corrected chi connectivity index (χ0v) is 8.82. The molecule has 1 fully saturated rings. The van der Waals surface area contributed by atoms with Crippen molar-refractivity contribution in [2.75, 3.05) is 19.7 Å². The van der Waals surface area contributed by atoms with E-state index in [1.807, 2.05) is 0 Å². The van der Waals surface area contributed by atoms with Gasteiger partial charge in [-0.05, 0) is 12.1 Å². The number of amides is 1. The highest BCUT2D eigenvalue weighted by atomic mass is 19.3. The number of hydrogen-bond acceptors (Lipinski definition) is 2. The molecule has 1 aromatic heterocycles. The third-order valence-corrected chi connectivity index (χ3v) is 2.50. The summed E-state index contributed by atoms with van der Waals surface area (Å²) in [4.78, 5) is 13.0. The van der Waals surface area contributed by atoms with E-state index in [0.717, 1.165) is 4.90 Å². The molecule has 0 aliphatic carbocycles. The molecule has 1 aromatic rings. The van der Waals surface area contributed by atoms with Gasteiger partial charge in [0.05, 0.1) is 6.61 Å². The van der Waals surface area contributed by atoms with Crippen molar-refractivity contribution in [1.29, 1.82) is 0 Å². The first-order chi connectivity index (χ1) is 7.49. The summed E-state index contributed by atoms with van der Waals surface area (Å²) in [5, 5.41) is 0. The number of aromatic nitrogens is 1. The van der Waals surface area contributed by atoms with E-state index in [1.165, 1.54) is 0 Å². The summed E-state index contributed by atoms with van der Waals surface area (Å²) in [6.07, 6.45) is -1.54. The highest BCUT2D eigenvalue weighted by molar-refractivity contribution is 5.92. The third kappa shape index (κ3) is 2.06. The Morgan fingerprint density at radius 2 is 2.31 bits per heavy atom. The second-order valence-electron chi connectivity index (χ2n) is 3.72. The average molecular weight is 230 g/mol. The maximum absolute atomic E-state index is 12.9. The Morgan fingerprint density at radius 1 is 1.56 bits per heavy atom. The van der Waals surface area contributed by atoms with Crippen LogP contribution in [-0.2, 0) is 11.8 Å². The standard InChI is InChI=1S/C10H12F2N2O2/c1-13-4-2-3-8(13)9(15)14-5-6-16-10(11,12)7-14/h2-4H,5-7H2,1H3. The van der Waals surface area contributed by atoms with Crippen LogP contribution in [-0.4, -0.2) is 41.2 Å². The Bertz CT molecular complexity index is 403. The lowest BCUT2D eigenvalue weighted by molar-refractivity contribution is -0.263. The van der Waals surface area contributed by atoms with Crippen LogP contribution < -0.4 is 0 Å². The largest absolute Gasteiger partial charge is 0.373 e. The first-order valence-corrected chi connectivity index (χ1v) is 4.92. The predicted molar refractivity (Wildman–Crippen MR) is 52.2 cm³/mol. The van der Waals surface area contributed by atoms with Gasteiger partial charge in [0.1, 0.15) is 12.2 Å². The van der Waals surface area contributed by atoms with Crippen molar-refractivity contribution >= 4 is 5.91 Å². The molecule has 0 spiro atoms. The van der Waals surface area contributed by atoms with Gasteiger partial charge in [0.2, 0.25) is 0 Å². The van der Waals surface area contributed by atoms with Gasteiger partial charge in [0.25, 0.3) is 5.91 Å². The first kappa shape index (κ1) is 11.1. The van der Waals surface area contributed by atoms with E-state index in [-0.39, 0.29) is 13.2 Å². The van der Waals surface area contributed by atoms with Gasteiger partial charge in [-0.2, -0.15) is 8.78 Å². The SMILES string of the molecule is Cn1cccc1C(=O)N1CCOC(F)(F)C1. The monoisotopic (exact) mass is 230 g/mol. The molecular weight excluding hydrogens is 218 g/mol. The predicted octanol–water partition coefficient (Wildman–Crippen LogP) is 1.09. The van der Waals surface area contributed by atoms with E-state index in [2.05, 4.69) is 4.74 Å². The van der Waals surface area contributed by atoms with Crippen LogP contribution in [0.2, 0.25) is 0 Å². The number of halogens is 2. The van der Waals surface area contributed by atoms with Crippen LogP contribution in [0.15, 0.2) is 18.3 Å². The zero-order valence-electron chi connectivity index (χ0n) is 8.82. The Hall–Kier alpha value is -1.43. The van der Waals surface area contributed by atoms with E-state index < -0.39 is 18.6 Å². The Morgan fingerprint density at radius 3 is 2.88 bits per heavy atom. The van der Waals surface area contributed by atoms with Gasteiger partial charge in [-0.3, -0.25) is 4.79 Å². The fraction of sp³-hybridized carbons (Fsp3) is 0.500.